The molecule has 0 radical (unpaired) electrons. The van der Waals surface area contributed by atoms with Crippen molar-refractivity contribution in [3.63, 3.8) is 0 Å². The fourth-order valence-corrected chi connectivity index (χ4v) is 2.71. The molecule has 0 unspecified atom stereocenters. The van der Waals surface area contributed by atoms with E-state index in [4.69, 9.17) is 4.74 Å². The Kier molecular flexibility index (Phi) is 5.59. The minimum absolute atomic E-state index is 0.268. The number of benzene rings is 2. The van der Waals surface area contributed by atoms with E-state index in [1.54, 1.807) is 36.8 Å². The number of hydrogen-bond donors (Lipinski definition) is 0. The van der Waals surface area contributed by atoms with E-state index in [1.807, 2.05) is 29.0 Å². The van der Waals surface area contributed by atoms with Gasteiger partial charge in [0.1, 0.15) is 5.82 Å². The molecular weight excluding hydrogens is 331 g/mol. The van der Waals surface area contributed by atoms with Crippen LogP contribution in [0.5, 0.6) is 0 Å². The molecule has 0 fully saturated rings. The van der Waals surface area contributed by atoms with Crippen molar-refractivity contribution in [3.05, 3.63) is 89.8 Å². The minimum Gasteiger partial charge on any atom is -0.465 e. The zero-order valence-corrected chi connectivity index (χ0v) is 14.4. The number of aryl methyl sites for hydroxylation is 1. The van der Waals surface area contributed by atoms with E-state index >= 15 is 0 Å². The van der Waals surface area contributed by atoms with Gasteiger partial charge < -0.3 is 9.30 Å². The van der Waals surface area contributed by atoms with Gasteiger partial charge in [-0.3, -0.25) is 0 Å². The third-order valence-corrected chi connectivity index (χ3v) is 4.06. The van der Waals surface area contributed by atoms with Crippen LogP contribution in [0.2, 0.25) is 0 Å². The molecule has 0 aliphatic heterocycles. The van der Waals surface area contributed by atoms with Crippen LogP contribution in [0.25, 0.3) is 11.6 Å². The lowest BCUT2D eigenvalue weighted by Crippen LogP contribution is -2.01. The molecule has 0 saturated heterocycles. The predicted octanol–water partition coefficient (Wildman–Crippen LogP) is 4.44. The van der Waals surface area contributed by atoms with Gasteiger partial charge >= 0.3 is 5.97 Å². The highest BCUT2D eigenvalue weighted by molar-refractivity contribution is 5.91. The second-order valence-electron chi connectivity index (χ2n) is 5.84. The molecule has 0 spiro atoms. The van der Waals surface area contributed by atoms with E-state index in [1.165, 1.54) is 19.2 Å². The number of ether oxygens (including phenoxy) is 1. The van der Waals surface area contributed by atoms with E-state index < -0.39 is 0 Å². The number of hydrogen-bond acceptors (Lipinski definition) is 3. The molecule has 1 heterocycles. The van der Waals surface area contributed by atoms with Crippen LogP contribution in [-0.4, -0.2) is 22.6 Å². The quantitative estimate of drug-likeness (QED) is 0.488. The summed E-state index contributed by atoms with van der Waals surface area (Å²) in [5, 5.41) is 0. The molecule has 0 N–H and O–H groups in total. The highest BCUT2D eigenvalue weighted by Crippen LogP contribution is 2.23. The Morgan fingerprint density at radius 3 is 2.69 bits per heavy atom. The molecule has 5 heteroatoms. The summed E-state index contributed by atoms with van der Waals surface area (Å²) in [5.41, 5.74) is 3.36. The molecule has 132 valence electrons. The lowest BCUT2D eigenvalue weighted by molar-refractivity contribution is 0.0600. The monoisotopic (exact) mass is 350 g/mol. The largest absolute Gasteiger partial charge is 0.465 e. The Balaban J connectivity index is 1.92. The lowest BCUT2D eigenvalue weighted by atomic mass is 9.99. The van der Waals surface area contributed by atoms with Gasteiger partial charge in [0.05, 0.1) is 19.0 Å². The van der Waals surface area contributed by atoms with Crippen LogP contribution in [0.3, 0.4) is 0 Å². The van der Waals surface area contributed by atoms with Crippen molar-refractivity contribution >= 4 is 17.6 Å². The normalized spacial score (nSPS) is 11.4. The van der Waals surface area contributed by atoms with Gasteiger partial charge in [0.15, 0.2) is 0 Å². The van der Waals surface area contributed by atoms with Gasteiger partial charge in [-0.15, -0.1) is 0 Å². The first-order chi connectivity index (χ1) is 12.7. The van der Waals surface area contributed by atoms with Crippen molar-refractivity contribution in [3.8, 4) is 0 Å². The number of aromatic nitrogens is 2. The molecule has 26 heavy (non-hydrogen) atoms. The summed E-state index contributed by atoms with van der Waals surface area (Å²) in [6.07, 6.45) is 8.16. The van der Waals surface area contributed by atoms with Gasteiger partial charge in [0, 0.05) is 18.9 Å². The molecule has 0 aliphatic carbocycles. The maximum atomic E-state index is 13.3. The summed E-state index contributed by atoms with van der Waals surface area (Å²) in [6, 6.07) is 13.7. The standard InChI is InChI=1S/C21H19FN2O2/c1-26-21(25)19-4-2-3-16(14-19)13-18(9-11-24-12-10-23-15-24)17-5-7-20(22)8-6-17/h2-8,10,12-15H,9,11H2,1H3/b18-13+. The molecule has 2 aromatic carbocycles. The number of nitrogens with zero attached hydrogens (tertiary/aromatic N) is 2. The minimum atomic E-state index is -0.373. The molecule has 3 aromatic rings. The molecular formula is C21H19FN2O2. The van der Waals surface area contributed by atoms with Gasteiger partial charge in [-0.2, -0.15) is 0 Å². The summed E-state index contributed by atoms with van der Waals surface area (Å²) in [7, 11) is 1.36. The smallest absolute Gasteiger partial charge is 0.337 e. The molecule has 0 aliphatic rings. The number of rotatable bonds is 6. The fraction of sp³-hybridized carbons (Fsp3) is 0.143. The first kappa shape index (κ1) is 17.6. The van der Waals surface area contributed by atoms with E-state index in [0.29, 0.717) is 5.56 Å². The number of carbonyl (C=O) groups is 1. The number of esters is 1. The Hall–Kier alpha value is -3.21. The van der Waals surface area contributed by atoms with Crippen molar-refractivity contribution in [2.75, 3.05) is 7.11 Å². The van der Waals surface area contributed by atoms with E-state index in [9.17, 15) is 9.18 Å². The molecule has 4 nitrogen and oxygen atoms in total. The van der Waals surface area contributed by atoms with E-state index in [2.05, 4.69) is 4.98 Å². The molecule has 0 atom stereocenters. The number of methoxy groups -OCH3 is 1. The topological polar surface area (TPSA) is 44.1 Å². The maximum Gasteiger partial charge on any atom is 0.337 e. The fourth-order valence-electron chi connectivity index (χ4n) is 2.71. The second-order valence-corrected chi connectivity index (χ2v) is 5.84. The average Bonchev–Trinajstić information content (AvgIpc) is 3.19. The molecule has 1 aromatic heterocycles. The third kappa shape index (κ3) is 4.45. The van der Waals surface area contributed by atoms with Crippen molar-refractivity contribution in [1.29, 1.82) is 0 Å². The summed E-state index contributed by atoms with van der Waals surface area (Å²) >= 11 is 0. The highest BCUT2D eigenvalue weighted by atomic mass is 19.1. The summed E-state index contributed by atoms with van der Waals surface area (Å²) in [5.74, 6) is -0.641. The second kappa shape index (κ2) is 8.25. The number of carbonyl (C=O) groups excluding carboxylic acids is 1. The Bertz CT molecular complexity index is 900. The van der Waals surface area contributed by atoms with Crippen LogP contribution in [0.4, 0.5) is 4.39 Å². The van der Waals surface area contributed by atoms with Crippen molar-refractivity contribution in [2.24, 2.45) is 0 Å². The third-order valence-electron chi connectivity index (χ3n) is 4.06. The first-order valence-electron chi connectivity index (χ1n) is 8.26. The lowest BCUT2D eigenvalue weighted by Gasteiger charge is -2.10. The number of halogens is 1. The van der Waals surface area contributed by atoms with E-state index in [0.717, 1.165) is 29.7 Å². The predicted molar refractivity (Wildman–Crippen MR) is 98.9 cm³/mol. The molecule has 0 saturated carbocycles. The van der Waals surface area contributed by atoms with Crippen molar-refractivity contribution in [2.45, 2.75) is 13.0 Å². The van der Waals surface area contributed by atoms with Crippen LogP contribution in [0, 0.1) is 5.82 Å². The molecule has 0 bridgehead atoms. The van der Waals surface area contributed by atoms with Crippen molar-refractivity contribution in [1.82, 2.24) is 9.55 Å². The van der Waals surface area contributed by atoms with Gasteiger partial charge in [-0.25, -0.2) is 14.2 Å². The SMILES string of the molecule is COC(=O)c1cccc(/C=C(\CCn2ccnc2)c2ccc(F)cc2)c1. The van der Waals surface area contributed by atoms with Crippen LogP contribution < -0.4 is 0 Å². The van der Waals surface area contributed by atoms with Crippen molar-refractivity contribution < 1.29 is 13.9 Å². The van der Waals surface area contributed by atoms with Crippen LogP contribution in [-0.2, 0) is 11.3 Å². The number of imidazole rings is 1. The Morgan fingerprint density at radius 1 is 1.19 bits per heavy atom. The van der Waals surface area contributed by atoms with Gasteiger partial charge in [0.2, 0.25) is 0 Å². The first-order valence-corrected chi connectivity index (χ1v) is 8.26. The zero-order valence-electron chi connectivity index (χ0n) is 14.4. The molecule has 3 rings (SSSR count). The zero-order chi connectivity index (χ0) is 18.4. The Morgan fingerprint density at radius 2 is 2.00 bits per heavy atom. The van der Waals surface area contributed by atoms with E-state index in [-0.39, 0.29) is 11.8 Å². The summed E-state index contributed by atoms with van der Waals surface area (Å²) in [6.45, 7) is 0.750. The summed E-state index contributed by atoms with van der Waals surface area (Å²) < 4.78 is 20.1. The van der Waals surface area contributed by atoms with Crippen LogP contribution in [0.15, 0.2) is 67.3 Å². The van der Waals surface area contributed by atoms with Crippen LogP contribution in [0.1, 0.15) is 27.9 Å². The van der Waals surface area contributed by atoms with Gasteiger partial charge in [-0.05, 0) is 47.4 Å². The summed E-state index contributed by atoms with van der Waals surface area (Å²) in [4.78, 5) is 15.8. The van der Waals surface area contributed by atoms with Gasteiger partial charge in [-0.1, -0.05) is 30.3 Å². The van der Waals surface area contributed by atoms with Gasteiger partial charge in [0.25, 0.3) is 0 Å². The van der Waals surface area contributed by atoms with Crippen LogP contribution >= 0.6 is 0 Å². The Labute approximate surface area is 151 Å². The highest BCUT2D eigenvalue weighted by Gasteiger charge is 2.07. The number of allylic oxidation sites excluding steroid dienone is 1. The maximum absolute atomic E-state index is 13.3. The molecule has 0 amide bonds. The average molecular weight is 350 g/mol.